The molecule has 1 aliphatic heterocycles. The molecule has 0 radical (unpaired) electrons. The van der Waals surface area contributed by atoms with Crippen LogP contribution in [0.5, 0.6) is 0 Å². The van der Waals surface area contributed by atoms with Gasteiger partial charge in [-0.15, -0.1) is 0 Å². The molecule has 2 rings (SSSR count). The lowest BCUT2D eigenvalue weighted by atomic mass is 10.2. The lowest BCUT2D eigenvalue weighted by Crippen LogP contribution is -2.46. The van der Waals surface area contributed by atoms with Gasteiger partial charge in [0.25, 0.3) is 0 Å². The predicted octanol–water partition coefficient (Wildman–Crippen LogP) is 1.38. The van der Waals surface area contributed by atoms with Crippen LogP contribution in [0.4, 0.5) is 10.6 Å². The van der Waals surface area contributed by atoms with E-state index >= 15 is 0 Å². The van der Waals surface area contributed by atoms with E-state index in [1.165, 1.54) is 0 Å². The van der Waals surface area contributed by atoms with E-state index in [1.54, 1.807) is 11.1 Å². The third kappa shape index (κ3) is 5.43. The summed E-state index contributed by atoms with van der Waals surface area (Å²) in [5.74, 6) is 0.886. The van der Waals surface area contributed by atoms with Crippen molar-refractivity contribution in [2.75, 3.05) is 31.1 Å². The quantitative estimate of drug-likeness (QED) is 0.849. The summed E-state index contributed by atoms with van der Waals surface area (Å²) < 4.78 is 5.19. The fraction of sp³-hybridized carbons (Fsp3) is 0.562. The van der Waals surface area contributed by atoms with Gasteiger partial charge in [-0.2, -0.15) is 0 Å². The number of piperazine rings is 1. The molecule has 7 nitrogen and oxygen atoms in total. The number of hydrogen-bond acceptors (Lipinski definition) is 5. The van der Waals surface area contributed by atoms with E-state index in [0.717, 1.165) is 30.9 Å². The average molecular weight is 320 g/mol. The Morgan fingerprint density at radius 2 is 2.00 bits per heavy atom. The number of carbonyl (C=O) groups is 2. The third-order valence-corrected chi connectivity index (χ3v) is 3.43. The number of ether oxygens (including phenoxy) is 1. The first kappa shape index (κ1) is 17.1. The summed E-state index contributed by atoms with van der Waals surface area (Å²) in [6.45, 7) is 8.84. The van der Waals surface area contributed by atoms with Crippen LogP contribution in [0.3, 0.4) is 0 Å². The van der Waals surface area contributed by atoms with Crippen LogP contribution >= 0.6 is 0 Å². The number of carbonyl (C=O) groups excluding carboxylic acids is 2. The average Bonchev–Trinajstić information content (AvgIpc) is 2.52. The first-order valence-electron chi connectivity index (χ1n) is 7.73. The Bertz CT molecular complexity index is 531. The van der Waals surface area contributed by atoms with Gasteiger partial charge in [0.1, 0.15) is 11.4 Å². The van der Waals surface area contributed by atoms with Gasteiger partial charge in [-0.05, 0) is 32.4 Å². The molecule has 0 aromatic carbocycles. The molecule has 1 aliphatic rings. The van der Waals surface area contributed by atoms with Crippen molar-refractivity contribution in [3.8, 4) is 0 Å². The number of aromatic nitrogens is 1. The largest absolute Gasteiger partial charge is 0.444 e. The smallest absolute Gasteiger partial charge is 0.407 e. The monoisotopic (exact) mass is 320 g/mol. The molecule has 0 bridgehead atoms. The van der Waals surface area contributed by atoms with E-state index in [2.05, 4.69) is 15.2 Å². The molecule has 1 saturated heterocycles. The second-order valence-electron chi connectivity index (χ2n) is 6.51. The summed E-state index contributed by atoms with van der Waals surface area (Å²) in [6.07, 6.45) is 2.20. The number of rotatable bonds is 4. The summed E-state index contributed by atoms with van der Waals surface area (Å²) in [4.78, 5) is 30.7. The number of nitrogens with one attached hydrogen (secondary N) is 1. The highest BCUT2D eigenvalue weighted by molar-refractivity contribution is 5.67. The molecule has 0 saturated carbocycles. The van der Waals surface area contributed by atoms with Crippen LogP contribution in [0, 0.1) is 0 Å². The Balaban J connectivity index is 1.83. The molecule has 1 N–H and O–H groups in total. The molecular weight excluding hydrogens is 296 g/mol. The molecule has 1 aromatic rings. The van der Waals surface area contributed by atoms with Gasteiger partial charge < -0.3 is 19.9 Å². The molecule has 0 atom stereocenters. The van der Waals surface area contributed by atoms with Crippen molar-refractivity contribution in [3.63, 3.8) is 0 Å². The minimum absolute atomic E-state index is 0.376. The molecule has 2 heterocycles. The number of anilines is 1. The van der Waals surface area contributed by atoms with Crippen LogP contribution in [-0.2, 0) is 16.1 Å². The van der Waals surface area contributed by atoms with Gasteiger partial charge in [0, 0.05) is 38.9 Å². The maximum atomic E-state index is 11.6. The molecule has 0 aliphatic carbocycles. The fourth-order valence-electron chi connectivity index (χ4n) is 2.25. The van der Waals surface area contributed by atoms with Crippen LogP contribution in [-0.4, -0.2) is 54.2 Å². The fourth-order valence-corrected chi connectivity index (χ4v) is 2.25. The zero-order valence-corrected chi connectivity index (χ0v) is 13.9. The molecule has 0 unspecified atom stereocenters. The maximum Gasteiger partial charge on any atom is 0.407 e. The summed E-state index contributed by atoms with van der Waals surface area (Å²) in [7, 11) is 0. The topological polar surface area (TPSA) is 74.8 Å². The van der Waals surface area contributed by atoms with Gasteiger partial charge in [-0.3, -0.25) is 4.79 Å². The first-order chi connectivity index (χ1) is 10.9. The lowest BCUT2D eigenvalue weighted by molar-refractivity contribution is -0.118. The van der Waals surface area contributed by atoms with Crippen LogP contribution in [0.2, 0.25) is 0 Å². The molecular formula is C16H24N4O3. The Morgan fingerprint density at radius 1 is 1.30 bits per heavy atom. The van der Waals surface area contributed by atoms with Gasteiger partial charge >= 0.3 is 6.09 Å². The van der Waals surface area contributed by atoms with Crippen molar-refractivity contribution in [1.29, 1.82) is 0 Å². The summed E-state index contributed by atoms with van der Waals surface area (Å²) in [6, 6.07) is 3.87. The van der Waals surface area contributed by atoms with Gasteiger partial charge in [0.15, 0.2) is 0 Å². The van der Waals surface area contributed by atoms with Crippen molar-refractivity contribution < 1.29 is 14.3 Å². The predicted molar refractivity (Wildman–Crippen MR) is 87.2 cm³/mol. The minimum atomic E-state index is -0.504. The van der Waals surface area contributed by atoms with Gasteiger partial charge in [-0.1, -0.05) is 6.07 Å². The van der Waals surface area contributed by atoms with Crippen LogP contribution in [0.25, 0.3) is 0 Å². The minimum Gasteiger partial charge on any atom is -0.444 e. The summed E-state index contributed by atoms with van der Waals surface area (Å²) >= 11 is 0. The number of nitrogens with zero attached hydrogens (tertiary/aromatic N) is 3. The van der Waals surface area contributed by atoms with Crippen LogP contribution in [0.1, 0.15) is 26.3 Å². The second kappa shape index (κ2) is 7.30. The number of amides is 2. The Morgan fingerprint density at radius 3 is 2.52 bits per heavy atom. The number of hydrogen-bond donors (Lipinski definition) is 1. The summed E-state index contributed by atoms with van der Waals surface area (Å²) in [5.41, 5.74) is 0.404. The number of alkyl carbamates (subject to hydrolysis) is 1. The molecule has 126 valence electrons. The molecule has 7 heteroatoms. The van der Waals surface area contributed by atoms with E-state index in [1.807, 2.05) is 32.9 Å². The molecule has 1 fully saturated rings. The Labute approximate surface area is 136 Å². The van der Waals surface area contributed by atoms with E-state index in [0.29, 0.717) is 19.6 Å². The SMILES string of the molecule is CC(C)(C)OC(=O)NCc1ccc(N2CCN(C=O)CC2)nc1. The molecule has 0 spiro atoms. The van der Waals surface area contributed by atoms with Gasteiger partial charge in [0.2, 0.25) is 6.41 Å². The number of pyridine rings is 1. The van der Waals surface area contributed by atoms with Crippen molar-refractivity contribution in [1.82, 2.24) is 15.2 Å². The highest BCUT2D eigenvalue weighted by Crippen LogP contribution is 2.14. The lowest BCUT2D eigenvalue weighted by Gasteiger charge is -2.33. The Kier molecular flexibility index (Phi) is 5.41. The maximum absolute atomic E-state index is 11.6. The normalized spacial score (nSPS) is 15.3. The highest BCUT2D eigenvalue weighted by Gasteiger charge is 2.17. The van der Waals surface area contributed by atoms with Crippen molar-refractivity contribution in [2.45, 2.75) is 32.9 Å². The van der Waals surface area contributed by atoms with E-state index in [4.69, 9.17) is 4.74 Å². The zero-order chi connectivity index (χ0) is 16.9. The molecule has 23 heavy (non-hydrogen) atoms. The van der Waals surface area contributed by atoms with Gasteiger partial charge in [0.05, 0.1) is 0 Å². The van der Waals surface area contributed by atoms with Gasteiger partial charge in [-0.25, -0.2) is 9.78 Å². The molecule has 2 amide bonds. The standard InChI is InChI=1S/C16H24N4O3/c1-16(2,3)23-15(22)18-11-13-4-5-14(17-10-13)20-8-6-19(12-21)7-9-20/h4-5,10,12H,6-9,11H2,1-3H3,(H,18,22). The second-order valence-corrected chi connectivity index (χ2v) is 6.51. The Hall–Kier alpha value is -2.31. The van der Waals surface area contributed by atoms with Crippen molar-refractivity contribution >= 4 is 18.3 Å². The van der Waals surface area contributed by atoms with E-state index in [9.17, 15) is 9.59 Å². The third-order valence-electron chi connectivity index (χ3n) is 3.43. The van der Waals surface area contributed by atoms with E-state index < -0.39 is 11.7 Å². The molecule has 1 aromatic heterocycles. The summed E-state index contributed by atoms with van der Waals surface area (Å²) in [5, 5.41) is 2.71. The zero-order valence-electron chi connectivity index (χ0n) is 13.9. The van der Waals surface area contributed by atoms with E-state index in [-0.39, 0.29) is 0 Å². The van der Waals surface area contributed by atoms with Crippen molar-refractivity contribution in [3.05, 3.63) is 23.9 Å². The van der Waals surface area contributed by atoms with Crippen LogP contribution in [0.15, 0.2) is 18.3 Å². The van der Waals surface area contributed by atoms with Crippen LogP contribution < -0.4 is 10.2 Å². The first-order valence-corrected chi connectivity index (χ1v) is 7.73. The van der Waals surface area contributed by atoms with Crippen molar-refractivity contribution in [2.24, 2.45) is 0 Å². The highest BCUT2D eigenvalue weighted by atomic mass is 16.6.